The van der Waals surface area contributed by atoms with Crippen LogP contribution in [0.15, 0.2) is 53.0 Å². The maximum Gasteiger partial charge on any atom is 0.317 e. The van der Waals surface area contributed by atoms with Gasteiger partial charge in [-0.1, -0.05) is 46.3 Å². The molecule has 1 fully saturated rings. The van der Waals surface area contributed by atoms with Crippen molar-refractivity contribution in [2.24, 2.45) is 0 Å². The van der Waals surface area contributed by atoms with E-state index in [0.29, 0.717) is 38.4 Å². The second kappa shape index (κ2) is 8.34. The minimum absolute atomic E-state index is 0.0553. The number of piperazine rings is 1. The van der Waals surface area contributed by atoms with Gasteiger partial charge in [-0.25, -0.2) is 9.18 Å². The van der Waals surface area contributed by atoms with E-state index in [1.165, 1.54) is 11.6 Å². The number of nitrogens with zero attached hydrogens (tertiary/aromatic N) is 2. The number of nitrogens with one attached hydrogen (secondary N) is 1. The second-order valence-electron chi connectivity index (χ2n) is 6.00. The van der Waals surface area contributed by atoms with Gasteiger partial charge >= 0.3 is 6.03 Å². The van der Waals surface area contributed by atoms with Crippen LogP contribution in [0.3, 0.4) is 0 Å². The Morgan fingerprint density at radius 2 is 1.72 bits per heavy atom. The van der Waals surface area contributed by atoms with Gasteiger partial charge in [-0.15, -0.1) is 0 Å². The lowest BCUT2D eigenvalue weighted by Gasteiger charge is -2.36. The summed E-state index contributed by atoms with van der Waals surface area (Å²) in [6.45, 7) is 3.05. The molecule has 4 nitrogen and oxygen atoms in total. The van der Waals surface area contributed by atoms with Crippen LogP contribution in [0.5, 0.6) is 0 Å². The fourth-order valence-electron chi connectivity index (χ4n) is 2.98. The van der Waals surface area contributed by atoms with Crippen molar-refractivity contribution in [1.82, 2.24) is 10.2 Å². The quantitative estimate of drug-likeness (QED) is 0.842. The van der Waals surface area contributed by atoms with E-state index in [1.807, 2.05) is 35.2 Å². The number of anilines is 1. The number of carbonyl (C=O) groups is 1. The predicted octanol–water partition coefficient (Wildman–Crippen LogP) is 3.66. The highest BCUT2D eigenvalue weighted by Gasteiger charge is 2.22. The topological polar surface area (TPSA) is 35.6 Å². The average Bonchev–Trinajstić information content (AvgIpc) is 2.64. The van der Waals surface area contributed by atoms with Crippen molar-refractivity contribution < 1.29 is 9.18 Å². The van der Waals surface area contributed by atoms with E-state index in [4.69, 9.17) is 0 Å². The first-order valence-corrected chi connectivity index (χ1v) is 9.20. The summed E-state index contributed by atoms with van der Waals surface area (Å²) in [6.07, 6.45) is 0.780. The van der Waals surface area contributed by atoms with Crippen LogP contribution in [-0.4, -0.2) is 43.7 Å². The molecular formula is C19H21BrFN3O. The summed E-state index contributed by atoms with van der Waals surface area (Å²) in [5.74, 6) is -0.214. The van der Waals surface area contributed by atoms with Gasteiger partial charge < -0.3 is 15.1 Å². The fraction of sp³-hybridized carbons (Fsp3) is 0.316. The SMILES string of the molecule is O=C(NCCc1ccccc1Br)N1CCN(c2ccccc2F)CC1. The number of urea groups is 1. The Hall–Kier alpha value is -2.08. The van der Waals surface area contributed by atoms with Crippen molar-refractivity contribution in [3.8, 4) is 0 Å². The van der Waals surface area contributed by atoms with E-state index < -0.39 is 0 Å². The maximum atomic E-state index is 13.9. The summed E-state index contributed by atoms with van der Waals surface area (Å²) in [5.41, 5.74) is 1.78. The number of hydrogen-bond acceptors (Lipinski definition) is 2. The van der Waals surface area contributed by atoms with Crippen molar-refractivity contribution in [1.29, 1.82) is 0 Å². The predicted molar refractivity (Wildman–Crippen MR) is 101 cm³/mol. The summed E-state index contributed by atoms with van der Waals surface area (Å²) in [6, 6.07) is 14.7. The van der Waals surface area contributed by atoms with E-state index in [1.54, 1.807) is 17.0 Å². The lowest BCUT2D eigenvalue weighted by molar-refractivity contribution is 0.194. The molecule has 0 atom stereocenters. The first-order chi connectivity index (χ1) is 12.1. The molecule has 2 amide bonds. The average molecular weight is 406 g/mol. The minimum atomic E-state index is -0.214. The van der Waals surface area contributed by atoms with Crippen molar-refractivity contribution in [2.45, 2.75) is 6.42 Å². The highest BCUT2D eigenvalue weighted by molar-refractivity contribution is 9.10. The van der Waals surface area contributed by atoms with E-state index >= 15 is 0 Å². The van der Waals surface area contributed by atoms with Crippen LogP contribution in [0.4, 0.5) is 14.9 Å². The van der Waals surface area contributed by atoms with Crippen LogP contribution < -0.4 is 10.2 Å². The zero-order chi connectivity index (χ0) is 17.6. The van der Waals surface area contributed by atoms with Crippen molar-refractivity contribution >= 4 is 27.6 Å². The first-order valence-electron chi connectivity index (χ1n) is 8.41. The van der Waals surface area contributed by atoms with Gasteiger partial charge in [0.25, 0.3) is 0 Å². The molecule has 6 heteroatoms. The van der Waals surface area contributed by atoms with Crippen molar-refractivity contribution in [3.05, 3.63) is 64.4 Å². The third-order valence-electron chi connectivity index (χ3n) is 4.39. The molecular weight excluding hydrogens is 385 g/mol. The van der Waals surface area contributed by atoms with Gasteiger partial charge in [-0.05, 0) is 30.2 Å². The Morgan fingerprint density at radius 3 is 2.44 bits per heavy atom. The van der Waals surface area contributed by atoms with Gasteiger partial charge in [0.2, 0.25) is 0 Å². The minimum Gasteiger partial charge on any atom is -0.366 e. The zero-order valence-electron chi connectivity index (χ0n) is 13.9. The molecule has 2 aromatic rings. The molecule has 1 N–H and O–H groups in total. The lowest BCUT2D eigenvalue weighted by atomic mass is 10.1. The largest absolute Gasteiger partial charge is 0.366 e. The number of para-hydroxylation sites is 1. The summed E-state index contributed by atoms with van der Waals surface area (Å²) < 4.78 is 14.9. The number of rotatable bonds is 4. The van der Waals surface area contributed by atoms with Gasteiger partial charge in [-0.2, -0.15) is 0 Å². The van der Waals surface area contributed by atoms with Crippen molar-refractivity contribution in [2.75, 3.05) is 37.6 Å². The molecule has 0 aromatic heterocycles. The first kappa shape index (κ1) is 17.7. The summed E-state index contributed by atoms with van der Waals surface area (Å²) in [5, 5.41) is 2.97. The maximum absolute atomic E-state index is 13.9. The molecule has 0 saturated carbocycles. The molecule has 0 unspecified atom stereocenters. The smallest absolute Gasteiger partial charge is 0.317 e. The molecule has 1 heterocycles. The van der Waals surface area contributed by atoms with E-state index in [9.17, 15) is 9.18 Å². The monoisotopic (exact) mass is 405 g/mol. The van der Waals surface area contributed by atoms with Crippen LogP contribution >= 0.6 is 15.9 Å². The molecule has 2 aromatic carbocycles. The van der Waals surface area contributed by atoms with Crippen LogP contribution in [0.2, 0.25) is 0 Å². The summed E-state index contributed by atoms with van der Waals surface area (Å²) in [4.78, 5) is 16.1. The highest BCUT2D eigenvalue weighted by Crippen LogP contribution is 2.20. The Labute approximate surface area is 155 Å². The Morgan fingerprint density at radius 1 is 1.04 bits per heavy atom. The Bertz CT molecular complexity index is 732. The number of benzene rings is 2. The number of halogens is 2. The van der Waals surface area contributed by atoms with Gasteiger partial charge in [0, 0.05) is 37.2 Å². The van der Waals surface area contributed by atoms with Crippen molar-refractivity contribution in [3.63, 3.8) is 0 Å². The van der Waals surface area contributed by atoms with E-state index in [2.05, 4.69) is 21.2 Å². The standard InChI is InChI=1S/C19H21BrFN3O/c20-16-6-2-1-5-15(16)9-10-22-19(25)24-13-11-23(12-14-24)18-8-4-3-7-17(18)21/h1-8H,9-14H2,(H,22,25). The van der Waals surface area contributed by atoms with Crippen LogP contribution in [0.25, 0.3) is 0 Å². The molecule has 0 radical (unpaired) electrons. The van der Waals surface area contributed by atoms with Crippen LogP contribution in [0.1, 0.15) is 5.56 Å². The summed E-state index contributed by atoms with van der Waals surface area (Å²) in [7, 11) is 0. The van der Waals surface area contributed by atoms with E-state index in [0.717, 1.165) is 10.9 Å². The third-order valence-corrected chi connectivity index (χ3v) is 5.16. The number of carbonyl (C=O) groups excluding carboxylic acids is 1. The normalized spacial score (nSPS) is 14.5. The van der Waals surface area contributed by atoms with Gasteiger partial charge in [0.1, 0.15) is 5.82 Å². The summed E-state index contributed by atoms with van der Waals surface area (Å²) >= 11 is 3.52. The molecule has 1 aliphatic heterocycles. The van der Waals surface area contributed by atoms with Gasteiger partial charge in [-0.3, -0.25) is 0 Å². The third kappa shape index (κ3) is 4.51. The highest BCUT2D eigenvalue weighted by atomic mass is 79.9. The molecule has 1 saturated heterocycles. The molecule has 0 aliphatic carbocycles. The van der Waals surface area contributed by atoms with Gasteiger partial charge in [0.15, 0.2) is 0 Å². The Kier molecular flexibility index (Phi) is 5.91. The van der Waals surface area contributed by atoms with E-state index in [-0.39, 0.29) is 11.8 Å². The molecule has 0 bridgehead atoms. The zero-order valence-corrected chi connectivity index (χ0v) is 15.5. The molecule has 1 aliphatic rings. The number of hydrogen-bond donors (Lipinski definition) is 1. The second-order valence-corrected chi connectivity index (χ2v) is 6.85. The molecule has 3 rings (SSSR count). The molecule has 132 valence electrons. The molecule has 25 heavy (non-hydrogen) atoms. The van der Waals surface area contributed by atoms with Crippen LogP contribution in [-0.2, 0) is 6.42 Å². The Balaban J connectivity index is 1.46. The van der Waals surface area contributed by atoms with Crippen LogP contribution in [0, 0.1) is 5.82 Å². The fourth-order valence-corrected chi connectivity index (χ4v) is 3.46. The van der Waals surface area contributed by atoms with Gasteiger partial charge in [0.05, 0.1) is 5.69 Å². The number of amides is 2. The molecule has 0 spiro atoms. The lowest BCUT2D eigenvalue weighted by Crippen LogP contribution is -2.52.